The Morgan fingerprint density at radius 2 is 1.97 bits per heavy atom. The van der Waals surface area contributed by atoms with E-state index >= 15 is 0 Å². The molecule has 2 aliphatic heterocycles. The second-order valence-electron chi connectivity index (χ2n) is 7.58. The first-order valence-electron chi connectivity index (χ1n) is 10.4. The van der Waals surface area contributed by atoms with E-state index in [2.05, 4.69) is 15.6 Å². The monoisotopic (exact) mass is 439 g/mol. The van der Waals surface area contributed by atoms with Gasteiger partial charge in [-0.3, -0.25) is 14.6 Å². The molecule has 1 aromatic carbocycles. The van der Waals surface area contributed by atoms with E-state index in [9.17, 15) is 14.7 Å². The Morgan fingerprint density at radius 1 is 1.09 bits per heavy atom. The van der Waals surface area contributed by atoms with Crippen LogP contribution in [0.15, 0.2) is 54.9 Å². The number of ether oxygens (including phenoxy) is 3. The molecule has 0 radical (unpaired) electrons. The van der Waals surface area contributed by atoms with Crippen LogP contribution in [0.2, 0.25) is 0 Å². The van der Waals surface area contributed by atoms with Gasteiger partial charge in [0.05, 0.1) is 31.6 Å². The predicted molar refractivity (Wildman–Crippen MR) is 114 cm³/mol. The minimum atomic E-state index is -0.635. The van der Waals surface area contributed by atoms with Gasteiger partial charge in [0.1, 0.15) is 6.10 Å². The van der Waals surface area contributed by atoms with Crippen LogP contribution in [0.5, 0.6) is 11.5 Å². The van der Waals surface area contributed by atoms with Crippen LogP contribution >= 0.6 is 0 Å². The molecule has 3 atom stereocenters. The van der Waals surface area contributed by atoms with Gasteiger partial charge in [-0.1, -0.05) is 24.3 Å². The molecule has 168 valence electrons. The quantitative estimate of drug-likeness (QED) is 0.522. The number of fused-ring (bicyclic) bond motifs is 1. The van der Waals surface area contributed by atoms with Crippen molar-refractivity contribution in [1.82, 2.24) is 15.6 Å². The van der Waals surface area contributed by atoms with Crippen molar-refractivity contribution >= 4 is 11.8 Å². The first-order valence-corrected chi connectivity index (χ1v) is 10.4. The molecule has 4 rings (SSSR count). The molecule has 0 saturated carbocycles. The molecule has 9 nitrogen and oxygen atoms in total. The Kier molecular flexibility index (Phi) is 6.98. The summed E-state index contributed by atoms with van der Waals surface area (Å²) < 4.78 is 16.4. The van der Waals surface area contributed by atoms with Crippen molar-refractivity contribution in [2.75, 3.05) is 13.4 Å². The average molecular weight is 439 g/mol. The Morgan fingerprint density at radius 3 is 2.78 bits per heavy atom. The van der Waals surface area contributed by atoms with Gasteiger partial charge in [0.2, 0.25) is 18.6 Å². The number of amides is 2. The van der Waals surface area contributed by atoms with Crippen LogP contribution in [-0.2, 0) is 27.3 Å². The number of carbonyl (C=O) groups is 2. The molecule has 1 aromatic heterocycles. The molecule has 3 heterocycles. The lowest BCUT2D eigenvalue weighted by molar-refractivity contribution is -0.128. The smallest absolute Gasteiger partial charge is 0.231 e. The molecule has 0 unspecified atom stereocenters. The Hall–Kier alpha value is -3.43. The van der Waals surface area contributed by atoms with E-state index in [1.165, 1.54) is 0 Å². The third-order valence-electron chi connectivity index (χ3n) is 5.19. The molecule has 2 aliphatic rings. The molecule has 32 heavy (non-hydrogen) atoms. The van der Waals surface area contributed by atoms with Crippen LogP contribution in [-0.4, -0.2) is 53.6 Å². The summed E-state index contributed by atoms with van der Waals surface area (Å²) in [6.45, 7) is 0.271. The lowest BCUT2D eigenvalue weighted by atomic mass is 10.0. The predicted octanol–water partition coefficient (Wildman–Crippen LogP) is 0.860. The van der Waals surface area contributed by atoms with Crippen LogP contribution in [0.3, 0.4) is 0 Å². The van der Waals surface area contributed by atoms with Crippen molar-refractivity contribution in [1.29, 1.82) is 0 Å². The lowest BCUT2D eigenvalue weighted by Crippen LogP contribution is -2.49. The van der Waals surface area contributed by atoms with Crippen molar-refractivity contribution in [3.8, 4) is 11.5 Å². The number of hydrogen-bond acceptors (Lipinski definition) is 7. The molecule has 0 fully saturated rings. The molecule has 2 amide bonds. The Bertz CT molecular complexity index is 981. The first kappa shape index (κ1) is 21.8. The van der Waals surface area contributed by atoms with E-state index in [0.717, 1.165) is 11.1 Å². The van der Waals surface area contributed by atoms with Crippen molar-refractivity contribution in [3.05, 3.63) is 66.0 Å². The Labute approximate surface area is 185 Å². The normalized spacial score (nSPS) is 21.2. The lowest BCUT2D eigenvalue weighted by Gasteiger charge is -2.31. The van der Waals surface area contributed by atoms with Crippen LogP contribution < -0.4 is 20.1 Å². The summed E-state index contributed by atoms with van der Waals surface area (Å²) >= 11 is 0. The second-order valence-corrected chi connectivity index (χ2v) is 7.58. The van der Waals surface area contributed by atoms with Gasteiger partial charge in [-0.15, -0.1) is 0 Å². The van der Waals surface area contributed by atoms with Crippen LogP contribution in [0.1, 0.15) is 17.5 Å². The SMILES string of the molecule is O=C(C[C@H]1C=C[C@H](NC(=O)Cc2cccnc2)[C@@H](CO)O1)NCc1ccc2c(c1)OCO2. The minimum absolute atomic E-state index is 0.105. The second kappa shape index (κ2) is 10.3. The number of pyridine rings is 1. The highest BCUT2D eigenvalue weighted by molar-refractivity contribution is 5.79. The average Bonchev–Trinajstić information content (AvgIpc) is 3.27. The van der Waals surface area contributed by atoms with Crippen LogP contribution in [0.25, 0.3) is 0 Å². The molecule has 0 saturated heterocycles. The highest BCUT2D eigenvalue weighted by atomic mass is 16.7. The fourth-order valence-corrected chi connectivity index (χ4v) is 3.57. The highest BCUT2D eigenvalue weighted by Crippen LogP contribution is 2.32. The topological polar surface area (TPSA) is 119 Å². The van der Waals surface area contributed by atoms with Gasteiger partial charge >= 0.3 is 0 Å². The van der Waals surface area contributed by atoms with Gasteiger partial charge in [0.25, 0.3) is 0 Å². The largest absolute Gasteiger partial charge is 0.454 e. The number of nitrogens with one attached hydrogen (secondary N) is 2. The van der Waals surface area contributed by atoms with Gasteiger partial charge in [0.15, 0.2) is 11.5 Å². The summed E-state index contributed by atoms with van der Waals surface area (Å²) in [5.41, 5.74) is 1.69. The maximum atomic E-state index is 12.4. The molecule has 9 heteroatoms. The van der Waals surface area contributed by atoms with Crippen molar-refractivity contribution in [3.63, 3.8) is 0 Å². The number of aliphatic hydroxyl groups excluding tert-OH is 1. The highest BCUT2D eigenvalue weighted by Gasteiger charge is 2.29. The van der Waals surface area contributed by atoms with E-state index in [4.69, 9.17) is 14.2 Å². The number of carbonyl (C=O) groups excluding carboxylic acids is 2. The summed E-state index contributed by atoms with van der Waals surface area (Å²) in [7, 11) is 0. The number of benzene rings is 1. The van der Waals surface area contributed by atoms with Gasteiger partial charge < -0.3 is 30.0 Å². The molecule has 2 aromatic rings. The number of nitrogens with zero attached hydrogens (tertiary/aromatic N) is 1. The number of rotatable bonds is 8. The van der Waals surface area contributed by atoms with Gasteiger partial charge in [-0.05, 0) is 29.3 Å². The van der Waals surface area contributed by atoms with Gasteiger partial charge in [-0.2, -0.15) is 0 Å². The van der Waals surface area contributed by atoms with E-state index < -0.39 is 18.2 Å². The third-order valence-corrected chi connectivity index (χ3v) is 5.19. The van der Waals surface area contributed by atoms with E-state index in [-0.39, 0.29) is 38.1 Å². The number of aromatic nitrogens is 1. The fourth-order valence-electron chi connectivity index (χ4n) is 3.57. The zero-order chi connectivity index (χ0) is 22.3. The van der Waals surface area contributed by atoms with Crippen LogP contribution in [0, 0.1) is 0 Å². The molecule has 0 spiro atoms. The third kappa shape index (κ3) is 5.63. The van der Waals surface area contributed by atoms with Crippen molar-refractivity contribution in [2.24, 2.45) is 0 Å². The standard InChI is InChI=1S/C23H25N3O6/c27-13-21-18(26-23(29)9-15-2-1-7-24-11-15)5-4-17(32-21)10-22(28)25-12-16-3-6-19-20(8-16)31-14-30-19/h1-8,11,17-18,21,27H,9-10,12-14H2,(H,25,28)(H,26,29)/t17-,18+,21-/m1/s1. The van der Waals surface area contributed by atoms with E-state index in [0.29, 0.717) is 18.0 Å². The van der Waals surface area contributed by atoms with Gasteiger partial charge in [0, 0.05) is 18.9 Å². The summed E-state index contributed by atoms with van der Waals surface area (Å²) in [6.07, 6.45) is 5.94. The van der Waals surface area contributed by atoms with Gasteiger partial charge in [-0.25, -0.2) is 0 Å². The Balaban J connectivity index is 1.25. The first-order chi connectivity index (χ1) is 15.6. The summed E-state index contributed by atoms with van der Waals surface area (Å²) in [4.78, 5) is 28.7. The zero-order valence-electron chi connectivity index (χ0n) is 17.4. The number of hydrogen-bond donors (Lipinski definition) is 3. The fraction of sp³-hybridized carbons (Fsp3) is 0.348. The minimum Gasteiger partial charge on any atom is -0.454 e. The van der Waals surface area contributed by atoms with Crippen molar-refractivity contribution in [2.45, 2.75) is 37.6 Å². The maximum Gasteiger partial charge on any atom is 0.231 e. The van der Waals surface area contributed by atoms with E-state index in [1.807, 2.05) is 24.3 Å². The summed E-state index contributed by atoms with van der Waals surface area (Å²) in [5, 5.41) is 15.4. The molecule has 0 bridgehead atoms. The molecular formula is C23H25N3O6. The zero-order valence-corrected chi connectivity index (χ0v) is 17.4. The summed E-state index contributed by atoms with van der Waals surface area (Å²) in [5.74, 6) is 0.971. The van der Waals surface area contributed by atoms with Crippen molar-refractivity contribution < 1.29 is 28.9 Å². The molecule has 0 aliphatic carbocycles. The molecular weight excluding hydrogens is 414 g/mol. The molecule has 3 N–H and O–H groups in total. The number of aliphatic hydroxyl groups is 1. The summed E-state index contributed by atoms with van der Waals surface area (Å²) in [6, 6.07) is 8.63. The maximum absolute atomic E-state index is 12.4. The van der Waals surface area contributed by atoms with E-state index in [1.54, 1.807) is 30.6 Å². The van der Waals surface area contributed by atoms with Crippen LogP contribution in [0.4, 0.5) is 0 Å².